The van der Waals surface area contributed by atoms with Crippen LogP contribution in [-0.2, 0) is 14.3 Å². The number of carboxylic acid groups (broad SMARTS) is 1. The first-order chi connectivity index (χ1) is 9.69. The maximum atomic E-state index is 13.0. The van der Waals surface area contributed by atoms with Crippen LogP contribution < -0.4 is 30.3 Å². The smallest absolute Gasteiger partial charge is 0.870 e. The van der Waals surface area contributed by atoms with Gasteiger partial charge in [0, 0.05) is 12.8 Å². The number of rotatable bonds is 7. The van der Waals surface area contributed by atoms with E-state index >= 15 is 0 Å². The molecule has 0 saturated heterocycles. The van der Waals surface area contributed by atoms with E-state index < -0.39 is 35.4 Å². The predicted molar refractivity (Wildman–Crippen MR) is 92.6 cm³/mol. The van der Waals surface area contributed by atoms with E-state index in [-0.39, 0.29) is 61.7 Å². The van der Waals surface area contributed by atoms with Crippen LogP contribution >= 0.6 is 12.4 Å². The Hall–Kier alpha value is -0.473. The summed E-state index contributed by atoms with van der Waals surface area (Å²) in [6.45, 7) is 7.33. The van der Waals surface area contributed by atoms with Gasteiger partial charge in [0.1, 0.15) is 23.4 Å². The van der Waals surface area contributed by atoms with Gasteiger partial charge in [0.05, 0.1) is 6.61 Å². The first-order valence-corrected chi connectivity index (χ1v) is 6.98. The SMILES string of the molecule is CC(C)(F)C[C@H](N)C(=O)O.CCOC(=O)[C@@H](N)CC(C)(C)F.Cl.O.[Li+].[OH-]. The number of esters is 1. The summed E-state index contributed by atoms with van der Waals surface area (Å²) in [5.74, 6) is -1.70. The molecule has 156 valence electrons. The zero-order chi connectivity index (χ0) is 18.1. The van der Waals surface area contributed by atoms with E-state index in [2.05, 4.69) is 4.74 Å². The molecule has 0 aromatic heterocycles. The van der Waals surface area contributed by atoms with Crippen molar-refractivity contribution in [2.75, 3.05) is 6.61 Å². The number of alkyl halides is 2. The third-order valence-electron chi connectivity index (χ3n) is 2.32. The average molecular weight is 405 g/mol. The molecule has 8 N–H and O–H groups in total. The molecule has 0 amide bonds. The van der Waals surface area contributed by atoms with Crippen LogP contribution in [-0.4, -0.2) is 58.0 Å². The van der Waals surface area contributed by atoms with Crippen LogP contribution in [0.4, 0.5) is 8.78 Å². The Morgan fingerprint density at radius 2 is 1.35 bits per heavy atom. The van der Waals surface area contributed by atoms with E-state index in [0.717, 1.165) is 0 Å². The molecule has 2 atom stereocenters. The molecule has 0 unspecified atom stereocenters. The Morgan fingerprint density at radius 3 is 1.54 bits per heavy atom. The van der Waals surface area contributed by atoms with E-state index in [1.165, 1.54) is 27.7 Å². The average Bonchev–Trinajstić information content (AvgIpc) is 2.25. The van der Waals surface area contributed by atoms with Crippen molar-refractivity contribution in [1.82, 2.24) is 0 Å². The Kier molecular flexibility index (Phi) is 27.8. The number of carboxylic acids is 1. The van der Waals surface area contributed by atoms with Crippen LogP contribution in [0.2, 0.25) is 0 Å². The van der Waals surface area contributed by atoms with Crippen LogP contribution in [0, 0.1) is 0 Å². The number of nitrogens with two attached hydrogens (primary N) is 2. The zero-order valence-corrected chi connectivity index (χ0v) is 17.0. The van der Waals surface area contributed by atoms with Gasteiger partial charge in [0.25, 0.3) is 0 Å². The molecule has 0 aliphatic rings. The van der Waals surface area contributed by atoms with Gasteiger partial charge < -0.3 is 32.3 Å². The molecule has 0 aliphatic carbocycles. The van der Waals surface area contributed by atoms with Crippen molar-refractivity contribution in [1.29, 1.82) is 0 Å². The number of halogens is 3. The summed E-state index contributed by atoms with van der Waals surface area (Å²) in [4.78, 5) is 21.0. The van der Waals surface area contributed by atoms with Gasteiger partial charge in [0.2, 0.25) is 0 Å². The predicted octanol–water partition coefficient (Wildman–Crippen LogP) is -2.02. The standard InChI is InChI=1S/C8H16FNO2.C6H12FNO2.ClH.Li.2H2O/c1-4-12-7(11)6(10)5-8(2,3)9;1-6(2,7)3-4(8)5(9)10;;;;/h6H,4-5,10H2,1-3H3;4H,3,8H2,1-2H3,(H,9,10);1H;;2*1H2/q;;;+1;;/p-1/t6-;4-;;;;/m00..../s1. The molecule has 12 heteroatoms. The van der Waals surface area contributed by atoms with Crippen molar-refractivity contribution in [3.8, 4) is 0 Å². The molecule has 0 aliphatic heterocycles. The zero-order valence-electron chi connectivity index (χ0n) is 16.2. The van der Waals surface area contributed by atoms with Gasteiger partial charge in [-0.05, 0) is 34.6 Å². The fourth-order valence-electron chi connectivity index (χ4n) is 1.47. The van der Waals surface area contributed by atoms with E-state index in [0.29, 0.717) is 0 Å². The van der Waals surface area contributed by atoms with Gasteiger partial charge in [0.15, 0.2) is 0 Å². The first kappa shape index (κ1) is 40.3. The third kappa shape index (κ3) is 28.3. The molecule has 8 nitrogen and oxygen atoms in total. The second kappa shape index (κ2) is 17.9. The Morgan fingerprint density at radius 1 is 1.04 bits per heavy atom. The molecule has 26 heavy (non-hydrogen) atoms. The van der Waals surface area contributed by atoms with E-state index in [4.69, 9.17) is 16.6 Å². The summed E-state index contributed by atoms with van der Waals surface area (Å²) in [6, 6.07) is -1.95. The Bertz CT molecular complexity index is 368. The summed E-state index contributed by atoms with van der Waals surface area (Å²) < 4.78 is 30.2. The minimum atomic E-state index is -1.50. The summed E-state index contributed by atoms with van der Waals surface area (Å²) in [5.41, 5.74) is 7.51. The topological polar surface area (TPSA) is 177 Å². The second-order valence-corrected chi connectivity index (χ2v) is 6.15. The van der Waals surface area contributed by atoms with Crippen LogP contribution in [0.5, 0.6) is 0 Å². The molecule has 0 saturated carbocycles. The largest absolute Gasteiger partial charge is 1.00 e. The van der Waals surface area contributed by atoms with Crippen molar-refractivity contribution in [2.45, 2.75) is 70.9 Å². The molecule has 0 fully saturated rings. The van der Waals surface area contributed by atoms with E-state index in [1.807, 2.05) is 0 Å². The Labute approximate surface area is 171 Å². The minimum absolute atomic E-state index is 0. The number of hydrogen-bond acceptors (Lipinski definition) is 6. The van der Waals surface area contributed by atoms with Crippen LogP contribution in [0.15, 0.2) is 0 Å². The van der Waals surface area contributed by atoms with Crippen molar-refractivity contribution in [2.24, 2.45) is 11.5 Å². The molecule has 0 aromatic rings. The normalized spacial score (nSPS) is 12.2. The van der Waals surface area contributed by atoms with Gasteiger partial charge in [-0.25, -0.2) is 8.78 Å². The molecule has 0 bridgehead atoms. The summed E-state index contributed by atoms with van der Waals surface area (Å²) in [5, 5.41) is 8.25. The summed E-state index contributed by atoms with van der Waals surface area (Å²) in [7, 11) is 0. The summed E-state index contributed by atoms with van der Waals surface area (Å²) in [6.07, 6.45) is -0.159. The van der Waals surface area contributed by atoms with Crippen LogP contribution in [0.3, 0.4) is 0 Å². The number of hydrogen-bond donors (Lipinski definition) is 3. The molecule has 0 rings (SSSR count). The van der Waals surface area contributed by atoms with Gasteiger partial charge in [-0.15, -0.1) is 12.4 Å². The number of carbonyl (C=O) groups excluding carboxylic acids is 1. The second-order valence-electron chi connectivity index (χ2n) is 6.15. The maximum absolute atomic E-state index is 13.0. The first-order valence-electron chi connectivity index (χ1n) is 6.98. The third-order valence-corrected chi connectivity index (χ3v) is 2.32. The van der Waals surface area contributed by atoms with E-state index in [9.17, 15) is 18.4 Å². The monoisotopic (exact) mass is 404 g/mol. The molecule has 0 heterocycles. The Balaban J connectivity index is -0.0000000674. The van der Waals surface area contributed by atoms with Gasteiger partial charge in [-0.1, -0.05) is 0 Å². The fraction of sp³-hybridized carbons (Fsp3) is 0.857. The van der Waals surface area contributed by atoms with Crippen molar-refractivity contribution < 1.29 is 58.0 Å². The van der Waals surface area contributed by atoms with Gasteiger partial charge >= 0.3 is 30.8 Å². The number of aliphatic carboxylic acids is 1. The summed E-state index contributed by atoms with van der Waals surface area (Å²) >= 11 is 0. The number of carbonyl (C=O) groups is 2. The molecule has 0 spiro atoms. The molecule has 0 aromatic carbocycles. The quantitative estimate of drug-likeness (QED) is 0.323. The van der Waals surface area contributed by atoms with Crippen molar-refractivity contribution in [3.63, 3.8) is 0 Å². The van der Waals surface area contributed by atoms with E-state index in [1.54, 1.807) is 6.92 Å². The minimum Gasteiger partial charge on any atom is -0.870 e. The molecule has 0 radical (unpaired) electrons. The van der Waals surface area contributed by atoms with Crippen molar-refractivity contribution >= 4 is 24.3 Å². The van der Waals surface area contributed by atoms with Gasteiger partial charge in [-0.2, -0.15) is 0 Å². The van der Waals surface area contributed by atoms with Crippen LogP contribution in [0.1, 0.15) is 47.5 Å². The molecular formula is C14H32ClF2LiN2O6. The molecular weight excluding hydrogens is 373 g/mol. The van der Waals surface area contributed by atoms with Crippen LogP contribution in [0.25, 0.3) is 0 Å². The maximum Gasteiger partial charge on any atom is 1.00 e. The van der Waals surface area contributed by atoms with Gasteiger partial charge in [-0.3, -0.25) is 9.59 Å². The fourth-order valence-corrected chi connectivity index (χ4v) is 1.47. The van der Waals surface area contributed by atoms with Crippen molar-refractivity contribution in [3.05, 3.63) is 0 Å². The number of ether oxygens (including phenoxy) is 1.